The smallest absolute Gasteiger partial charge is 0.406 e. The number of ether oxygens (including phenoxy) is 1. The third-order valence-electron chi connectivity index (χ3n) is 6.70. The molecule has 0 fully saturated rings. The lowest BCUT2D eigenvalue weighted by atomic mass is 9.61. The monoisotopic (exact) mass is 485 g/mol. The number of hydrogen-bond donors (Lipinski definition) is 1. The summed E-state index contributed by atoms with van der Waals surface area (Å²) < 4.78 is 56.9. The van der Waals surface area contributed by atoms with Crippen molar-refractivity contribution in [2.45, 2.75) is 31.7 Å². The highest BCUT2D eigenvalue weighted by Crippen LogP contribution is 2.55. The lowest BCUT2D eigenvalue weighted by Gasteiger charge is -2.45. The molecule has 1 aromatic carbocycles. The maximum absolute atomic E-state index is 14.6. The normalized spacial score (nSPS) is 26.1. The second-order valence-electron chi connectivity index (χ2n) is 8.95. The van der Waals surface area contributed by atoms with E-state index in [-0.39, 0.29) is 11.7 Å². The van der Waals surface area contributed by atoms with E-state index < -0.39 is 23.3 Å². The van der Waals surface area contributed by atoms with Crippen LogP contribution in [0.5, 0.6) is 5.75 Å². The van der Waals surface area contributed by atoms with Crippen molar-refractivity contribution < 1.29 is 22.3 Å². The summed E-state index contributed by atoms with van der Waals surface area (Å²) in [5.41, 5.74) is 6.16. The second-order valence-corrected chi connectivity index (χ2v) is 8.95. The van der Waals surface area contributed by atoms with Crippen LogP contribution in [0.4, 0.5) is 17.6 Å². The first-order valence-electron chi connectivity index (χ1n) is 11.2. The maximum Gasteiger partial charge on any atom is 0.573 e. The summed E-state index contributed by atoms with van der Waals surface area (Å²) in [6.07, 6.45) is 3.40. The fraction of sp³-hybridized carbons (Fsp3) is 0.320. The minimum Gasteiger partial charge on any atom is -0.406 e. The van der Waals surface area contributed by atoms with Gasteiger partial charge in [0.2, 0.25) is 5.95 Å². The number of halogens is 4. The summed E-state index contributed by atoms with van der Waals surface area (Å²) in [7, 11) is 0. The number of hydrogen-bond acceptors (Lipinski definition) is 6. The minimum absolute atomic E-state index is 0.289. The number of aromatic nitrogens is 1. The molecule has 0 radical (unpaired) electrons. The van der Waals surface area contributed by atoms with Crippen LogP contribution in [0.15, 0.2) is 70.8 Å². The number of benzene rings is 1. The van der Waals surface area contributed by atoms with Crippen LogP contribution in [0.25, 0.3) is 5.57 Å². The van der Waals surface area contributed by atoms with Crippen molar-refractivity contribution in [1.82, 2.24) is 9.88 Å². The number of rotatable bonds is 4. The fourth-order valence-electron chi connectivity index (χ4n) is 5.17. The molecular formula is C25H23F4N5O. The molecule has 2 N–H and O–H groups in total. The van der Waals surface area contributed by atoms with Crippen molar-refractivity contribution in [2.24, 2.45) is 21.1 Å². The molecule has 0 spiro atoms. The van der Waals surface area contributed by atoms with E-state index in [0.29, 0.717) is 36.5 Å². The molecule has 182 valence electrons. The van der Waals surface area contributed by atoms with Crippen LogP contribution in [0.1, 0.15) is 30.9 Å². The molecule has 3 heterocycles. The third kappa shape index (κ3) is 3.86. The van der Waals surface area contributed by atoms with Gasteiger partial charge in [-0.25, -0.2) is 9.98 Å². The number of alkyl halides is 3. The highest BCUT2D eigenvalue weighted by atomic mass is 19.4. The summed E-state index contributed by atoms with van der Waals surface area (Å²) >= 11 is 0. The predicted molar refractivity (Wildman–Crippen MR) is 124 cm³/mol. The molecule has 0 saturated heterocycles. The lowest BCUT2D eigenvalue weighted by Crippen LogP contribution is -2.52. The maximum atomic E-state index is 14.6. The molecule has 1 aliphatic carbocycles. The van der Waals surface area contributed by atoms with Crippen molar-refractivity contribution in [3.8, 4) is 5.75 Å². The highest BCUT2D eigenvalue weighted by Gasteiger charge is 2.58. The van der Waals surface area contributed by atoms with E-state index >= 15 is 0 Å². The number of pyridine rings is 1. The molecule has 1 aromatic heterocycles. The van der Waals surface area contributed by atoms with Crippen LogP contribution < -0.4 is 10.5 Å². The van der Waals surface area contributed by atoms with E-state index in [1.165, 1.54) is 18.3 Å². The molecule has 10 heteroatoms. The van der Waals surface area contributed by atoms with Crippen LogP contribution in [-0.4, -0.2) is 41.1 Å². The molecule has 3 aliphatic rings. The molecule has 2 atom stereocenters. The Balaban J connectivity index is 1.64. The molecular weight excluding hydrogens is 462 g/mol. The quantitative estimate of drug-likeness (QED) is 0.499. The lowest BCUT2D eigenvalue weighted by molar-refractivity contribution is -0.274. The van der Waals surface area contributed by atoms with E-state index in [2.05, 4.69) is 9.72 Å². The Labute approximate surface area is 199 Å². The minimum atomic E-state index is -4.80. The summed E-state index contributed by atoms with van der Waals surface area (Å²) in [5, 5.41) is 0. The number of amidine groups is 1. The van der Waals surface area contributed by atoms with Gasteiger partial charge in [0, 0.05) is 30.3 Å². The zero-order valence-electron chi connectivity index (χ0n) is 18.9. The second kappa shape index (κ2) is 8.21. The van der Waals surface area contributed by atoms with E-state index in [4.69, 9.17) is 15.7 Å². The van der Waals surface area contributed by atoms with Gasteiger partial charge in [0.05, 0.1) is 0 Å². The van der Waals surface area contributed by atoms with Crippen LogP contribution >= 0.6 is 0 Å². The number of aliphatic imine (C=N–C) groups is 2. The van der Waals surface area contributed by atoms with Gasteiger partial charge in [-0.1, -0.05) is 37.3 Å². The number of nitrogens with two attached hydrogens (primary N) is 1. The molecule has 0 bridgehead atoms. The summed E-state index contributed by atoms with van der Waals surface area (Å²) in [5.74, 6) is 0.00414. The van der Waals surface area contributed by atoms with E-state index in [0.717, 1.165) is 12.0 Å². The van der Waals surface area contributed by atoms with Gasteiger partial charge >= 0.3 is 6.36 Å². The van der Waals surface area contributed by atoms with Gasteiger partial charge in [0.25, 0.3) is 0 Å². The van der Waals surface area contributed by atoms with Gasteiger partial charge in [-0.05, 0) is 48.2 Å². The average Bonchev–Trinajstić information content (AvgIpc) is 3.13. The molecule has 2 aliphatic heterocycles. The van der Waals surface area contributed by atoms with Crippen LogP contribution in [0, 0.1) is 11.4 Å². The SMILES string of the molecule is CC1([C@@]2(c3ccc(OC(F)(F)F)cc3)N=C(N)N3CCCN=C32)C=CC=C(c2cccnc2F)C1. The molecule has 2 aromatic rings. The van der Waals surface area contributed by atoms with E-state index in [1.54, 1.807) is 24.3 Å². The van der Waals surface area contributed by atoms with Crippen LogP contribution in [0.3, 0.4) is 0 Å². The molecule has 0 amide bonds. The van der Waals surface area contributed by atoms with Crippen molar-refractivity contribution in [3.63, 3.8) is 0 Å². The van der Waals surface area contributed by atoms with Gasteiger partial charge in [-0.15, -0.1) is 13.2 Å². The summed E-state index contributed by atoms with van der Waals surface area (Å²) in [4.78, 5) is 15.3. The Bertz CT molecular complexity index is 1270. The van der Waals surface area contributed by atoms with Gasteiger partial charge in [0.15, 0.2) is 11.5 Å². The largest absolute Gasteiger partial charge is 0.573 e. The van der Waals surface area contributed by atoms with Crippen LogP contribution in [0.2, 0.25) is 0 Å². The molecule has 0 saturated carbocycles. The number of guanidine groups is 1. The molecule has 1 unspecified atom stereocenters. The van der Waals surface area contributed by atoms with Crippen LogP contribution in [-0.2, 0) is 5.54 Å². The van der Waals surface area contributed by atoms with Crippen molar-refractivity contribution in [2.75, 3.05) is 13.1 Å². The van der Waals surface area contributed by atoms with Gasteiger partial charge < -0.3 is 10.5 Å². The van der Waals surface area contributed by atoms with Gasteiger partial charge in [0.1, 0.15) is 11.6 Å². The van der Waals surface area contributed by atoms with Crippen molar-refractivity contribution >= 4 is 17.4 Å². The Kier molecular flexibility index (Phi) is 5.41. The number of fused-ring (bicyclic) bond motifs is 1. The first-order chi connectivity index (χ1) is 16.6. The number of nitrogens with zero attached hydrogens (tertiary/aromatic N) is 4. The Hall–Kier alpha value is -3.69. The Morgan fingerprint density at radius 1 is 1.14 bits per heavy atom. The highest BCUT2D eigenvalue weighted by molar-refractivity contribution is 6.11. The molecule has 35 heavy (non-hydrogen) atoms. The zero-order valence-corrected chi connectivity index (χ0v) is 18.9. The van der Waals surface area contributed by atoms with Crippen molar-refractivity contribution in [3.05, 3.63) is 77.9 Å². The average molecular weight is 485 g/mol. The van der Waals surface area contributed by atoms with Gasteiger partial charge in [-0.2, -0.15) is 4.39 Å². The zero-order chi connectivity index (χ0) is 24.8. The molecule has 6 nitrogen and oxygen atoms in total. The topological polar surface area (TPSA) is 76.1 Å². The predicted octanol–water partition coefficient (Wildman–Crippen LogP) is 4.80. The van der Waals surface area contributed by atoms with Crippen molar-refractivity contribution in [1.29, 1.82) is 0 Å². The standard InChI is InChI=1S/C25H23F4N5O/c1-23(11-2-5-16(15-23)19-6-3-12-31-20(19)26)24(21-32-13-4-14-34(21)22(30)33-24)17-7-9-18(10-8-17)35-25(27,28)29/h2-3,5-12H,4,13-15H2,1H3,(H2,30,33)/t23?,24-/m0/s1. The van der Waals surface area contributed by atoms with Gasteiger partial charge in [-0.3, -0.25) is 9.89 Å². The third-order valence-corrected chi connectivity index (χ3v) is 6.70. The Morgan fingerprint density at radius 3 is 2.63 bits per heavy atom. The van der Waals surface area contributed by atoms with E-state index in [1.807, 2.05) is 30.1 Å². The fourth-order valence-corrected chi connectivity index (χ4v) is 5.17. The first kappa shape index (κ1) is 23.1. The van der Waals surface area contributed by atoms with E-state index in [9.17, 15) is 17.6 Å². The molecule has 5 rings (SSSR count). The summed E-state index contributed by atoms with van der Waals surface area (Å²) in [6.45, 7) is 3.18. The number of allylic oxidation sites excluding steroid dienone is 3. The Morgan fingerprint density at radius 2 is 1.91 bits per heavy atom. The summed E-state index contributed by atoms with van der Waals surface area (Å²) in [6, 6.07) is 8.97. The first-order valence-corrected chi connectivity index (χ1v) is 11.2.